The molecule has 0 aromatic rings. The fraction of sp³-hybridized carbons (Fsp3) is 0.857. The van der Waals surface area contributed by atoms with Gasteiger partial charge >= 0.3 is 0 Å². The monoisotopic (exact) mass is 175 g/mol. The second-order valence-corrected chi connectivity index (χ2v) is 4.11. The van der Waals surface area contributed by atoms with Crippen molar-refractivity contribution >= 4 is 17.3 Å². The van der Waals surface area contributed by atoms with E-state index >= 15 is 0 Å². The second kappa shape index (κ2) is 3.88. The maximum Gasteiger partial charge on any atom is 0.180 e. The van der Waals surface area contributed by atoms with E-state index < -0.39 is 0 Å². The van der Waals surface area contributed by atoms with Gasteiger partial charge in [-0.2, -0.15) is 0 Å². The average Bonchev–Trinajstić information content (AvgIpc) is 1.85. The molecule has 0 heterocycles. The van der Waals surface area contributed by atoms with Gasteiger partial charge in [0.15, 0.2) is 5.11 Å². The summed E-state index contributed by atoms with van der Waals surface area (Å²) in [7, 11) is 0. The van der Waals surface area contributed by atoms with Gasteiger partial charge in [-0.05, 0) is 24.6 Å². The molecule has 1 atom stereocenters. The van der Waals surface area contributed by atoms with Crippen LogP contribution in [0.2, 0.25) is 0 Å². The minimum Gasteiger partial charge on any atom is -0.359 e. The van der Waals surface area contributed by atoms with Crippen LogP contribution in [0.5, 0.6) is 0 Å². The van der Waals surface area contributed by atoms with Crippen LogP contribution in [0.3, 0.4) is 0 Å². The largest absolute Gasteiger partial charge is 0.359 e. The van der Waals surface area contributed by atoms with Crippen LogP contribution in [0.1, 0.15) is 27.7 Å². The lowest BCUT2D eigenvalue weighted by Gasteiger charge is -2.28. The minimum atomic E-state index is 0.195. The van der Waals surface area contributed by atoms with Crippen LogP contribution in [0.4, 0.5) is 0 Å². The van der Waals surface area contributed by atoms with Crippen molar-refractivity contribution in [2.45, 2.75) is 33.7 Å². The number of hydrogen-bond acceptors (Lipinski definition) is 2. The minimum absolute atomic E-state index is 0.195. The maximum absolute atomic E-state index is 5.11. The van der Waals surface area contributed by atoms with E-state index in [1.54, 1.807) is 0 Å². The van der Waals surface area contributed by atoms with Gasteiger partial charge < -0.3 is 10.7 Å². The first-order valence-corrected chi connectivity index (χ1v) is 4.06. The molecular weight excluding hydrogens is 158 g/mol. The van der Waals surface area contributed by atoms with Gasteiger partial charge in [0.2, 0.25) is 0 Å². The highest BCUT2D eigenvalue weighted by Gasteiger charge is 2.19. The molecule has 0 aromatic heterocycles. The van der Waals surface area contributed by atoms with E-state index in [1.165, 1.54) is 0 Å². The highest BCUT2D eigenvalue weighted by atomic mass is 32.1. The van der Waals surface area contributed by atoms with Crippen LogP contribution in [0.15, 0.2) is 0 Å². The summed E-state index contributed by atoms with van der Waals surface area (Å²) in [5, 5.41) is 3.56. The molecule has 3 nitrogen and oxygen atoms in total. The Kier molecular flexibility index (Phi) is 3.75. The van der Waals surface area contributed by atoms with Gasteiger partial charge in [0.05, 0.1) is 0 Å². The Morgan fingerprint density at radius 2 is 1.91 bits per heavy atom. The van der Waals surface area contributed by atoms with Crippen molar-refractivity contribution in [2.75, 3.05) is 0 Å². The Bertz CT molecular complexity index is 139. The molecular formula is C7H17N3S. The average molecular weight is 175 g/mol. The predicted molar refractivity (Wildman–Crippen MR) is 52.0 cm³/mol. The molecule has 0 bridgehead atoms. The van der Waals surface area contributed by atoms with Crippen LogP contribution in [0, 0.1) is 5.41 Å². The smallest absolute Gasteiger partial charge is 0.180 e. The maximum atomic E-state index is 5.11. The molecule has 0 aromatic carbocycles. The van der Waals surface area contributed by atoms with E-state index in [4.69, 9.17) is 18.1 Å². The fourth-order valence-corrected chi connectivity index (χ4v) is 0.632. The van der Waals surface area contributed by atoms with Gasteiger partial charge in [-0.1, -0.05) is 20.8 Å². The molecule has 0 aliphatic rings. The summed E-state index contributed by atoms with van der Waals surface area (Å²) in [4.78, 5) is 0. The van der Waals surface area contributed by atoms with Crippen LogP contribution < -0.4 is 16.6 Å². The van der Waals surface area contributed by atoms with Gasteiger partial charge in [-0.3, -0.25) is 0 Å². The molecule has 66 valence electrons. The number of nitrogens with two attached hydrogens (primary N) is 1. The molecule has 4 N–H and O–H groups in total. The Morgan fingerprint density at radius 1 is 1.45 bits per heavy atom. The molecule has 0 saturated carbocycles. The Balaban J connectivity index is 3.87. The summed E-state index contributed by atoms with van der Waals surface area (Å²) >= 11 is 4.85. The fourth-order valence-electron chi connectivity index (χ4n) is 0.455. The van der Waals surface area contributed by atoms with E-state index in [9.17, 15) is 0 Å². The molecule has 1 unspecified atom stereocenters. The van der Waals surface area contributed by atoms with Crippen molar-refractivity contribution in [3.63, 3.8) is 0 Å². The van der Waals surface area contributed by atoms with E-state index in [1.807, 2.05) is 0 Å². The molecule has 0 amide bonds. The van der Waals surface area contributed by atoms with Crippen molar-refractivity contribution in [1.82, 2.24) is 10.7 Å². The molecule has 0 fully saturated rings. The Morgan fingerprint density at radius 3 is 2.18 bits per heavy atom. The van der Waals surface area contributed by atoms with Crippen molar-refractivity contribution in [3.8, 4) is 0 Å². The summed E-state index contributed by atoms with van der Waals surface area (Å²) < 4.78 is 0. The topological polar surface area (TPSA) is 50.1 Å². The number of hydrazine groups is 1. The first-order valence-electron chi connectivity index (χ1n) is 3.65. The zero-order chi connectivity index (χ0) is 9.07. The third-order valence-electron chi connectivity index (χ3n) is 1.78. The standard InChI is InChI=1S/C7H17N3S/c1-5(7(2,3)4)9-6(11)10-8/h5H,8H2,1-4H3,(H2,9,10,11). The molecule has 0 aliphatic heterocycles. The van der Waals surface area contributed by atoms with Gasteiger partial charge in [0, 0.05) is 6.04 Å². The first-order chi connectivity index (χ1) is 4.88. The van der Waals surface area contributed by atoms with Crippen LogP contribution in [-0.4, -0.2) is 11.2 Å². The molecule has 4 heteroatoms. The SMILES string of the molecule is CC(NC(=S)NN)C(C)(C)C. The number of thiocarbonyl (C=S) groups is 1. The predicted octanol–water partition coefficient (Wildman–Crippen LogP) is 0.759. The lowest BCUT2D eigenvalue weighted by Crippen LogP contribution is -2.48. The molecule has 0 aliphatic carbocycles. The van der Waals surface area contributed by atoms with Crippen molar-refractivity contribution < 1.29 is 0 Å². The molecule has 11 heavy (non-hydrogen) atoms. The number of nitrogens with one attached hydrogen (secondary N) is 2. The van der Waals surface area contributed by atoms with Gasteiger partial charge in [-0.25, -0.2) is 5.84 Å². The van der Waals surface area contributed by atoms with Gasteiger partial charge in [-0.15, -0.1) is 0 Å². The third-order valence-corrected chi connectivity index (χ3v) is 2.01. The Hall–Kier alpha value is -0.350. The van der Waals surface area contributed by atoms with Crippen LogP contribution >= 0.6 is 12.2 Å². The van der Waals surface area contributed by atoms with E-state index in [0.29, 0.717) is 11.2 Å². The quantitative estimate of drug-likeness (QED) is 0.313. The molecule has 0 saturated heterocycles. The Labute approximate surface area is 73.7 Å². The van der Waals surface area contributed by atoms with Gasteiger partial charge in [0.25, 0.3) is 0 Å². The van der Waals surface area contributed by atoms with Crippen LogP contribution in [-0.2, 0) is 0 Å². The molecule has 0 spiro atoms. The first kappa shape index (κ1) is 10.7. The van der Waals surface area contributed by atoms with E-state index in [0.717, 1.165) is 0 Å². The number of hydrogen-bond donors (Lipinski definition) is 3. The van der Waals surface area contributed by atoms with E-state index in [-0.39, 0.29) is 5.41 Å². The second-order valence-electron chi connectivity index (χ2n) is 3.71. The van der Waals surface area contributed by atoms with Crippen LogP contribution in [0.25, 0.3) is 0 Å². The van der Waals surface area contributed by atoms with Crippen molar-refractivity contribution in [1.29, 1.82) is 0 Å². The highest BCUT2D eigenvalue weighted by molar-refractivity contribution is 7.80. The lowest BCUT2D eigenvalue weighted by atomic mass is 9.88. The lowest BCUT2D eigenvalue weighted by molar-refractivity contribution is 0.315. The summed E-state index contributed by atoms with van der Waals surface area (Å²) in [6.07, 6.45) is 0. The zero-order valence-electron chi connectivity index (χ0n) is 7.56. The summed E-state index contributed by atoms with van der Waals surface area (Å²) in [5.41, 5.74) is 2.58. The normalized spacial score (nSPS) is 13.9. The molecule has 0 rings (SSSR count). The third kappa shape index (κ3) is 4.16. The van der Waals surface area contributed by atoms with Crippen molar-refractivity contribution in [2.24, 2.45) is 11.3 Å². The summed E-state index contributed by atoms with van der Waals surface area (Å²) in [5.74, 6) is 5.11. The summed E-state index contributed by atoms with van der Waals surface area (Å²) in [6.45, 7) is 8.50. The van der Waals surface area contributed by atoms with Gasteiger partial charge in [0.1, 0.15) is 0 Å². The number of rotatable bonds is 1. The zero-order valence-corrected chi connectivity index (χ0v) is 8.38. The summed E-state index contributed by atoms with van der Waals surface area (Å²) in [6, 6.07) is 0.311. The van der Waals surface area contributed by atoms with E-state index in [2.05, 4.69) is 38.4 Å². The van der Waals surface area contributed by atoms with Crippen molar-refractivity contribution in [3.05, 3.63) is 0 Å². The highest BCUT2D eigenvalue weighted by Crippen LogP contribution is 2.17. The molecule has 0 radical (unpaired) electrons.